The number of rotatable bonds is 5. The molecule has 1 aromatic heterocycles. The Labute approximate surface area is 203 Å². The summed E-state index contributed by atoms with van der Waals surface area (Å²) in [5.74, 6) is 0. The highest BCUT2D eigenvalue weighted by atomic mass is 35.5. The second-order valence-electron chi connectivity index (χ2n) is 8.69. The topological polar surface area (TPSA) is 62.3 Å². The van der Waals surface area contributed by atoms with Gasteiger partial charge in [-0.3, -0.25) is 0 Å². The van der Waals surface area contributed by atoms with E-state index < -0.39 is 9.84 Å². The van der Waals surface area contributed by atoms with Gasteiger partial charge in [-0.25, -0.2) is 13.4 Å². The zero-order valence-electron chi connectivity index (χ0n) is 18.5. The van der Waals surface area contributed by atoms with E-state index in [2.05, 4.69) is 21.2 Å². The number of fused-ring (bicyclic) bond motifs is 3. The molecule has 0 radical (unpaired) electrons. The molecule has 0 spiro atoms. The van der Waals surface area contributed by atoms with E-state index in [1.165, 1.54) is 0 Å². The maximum absolute atomic E-state index is 12.5. The van der Waals surface area contributed by atoms with Crippen molar-refractivity contribution in [2.45, 2.75) is 29.5 Å². The van der Waals surface area contributed by atoms with Crippen molar-refractivity contribution in [2.75, 3.05) is 17.2 Å². The molecule has 1 aliphatic heterocycles. The van der Waals surface area contributed by atoms with Crippen molar-refractivity contribution in [1.29, 1.82) is 0 Å². The zero-order chi connectivity index (χ0) is 23.4. The molecule has 2 aliphatic rings. The highest BCUT2D eigenvalue weighted by molar-refractivity contribution is 7.92. The Hall–Kier alpha value is -3.36. The van der Waals surface area contributed by atoms with Crippen LogP contribution < -0.4 is 14.8 Å². The van der Waals surface area contributed by atoms with Gasteiger partial charge < -0.3 is 0 Å². The monoisotopic (exact) mass is 492 g/mol. The quantitative estimate of drug-likeness (QED) is 0.395. The number of benzene rings is 3. The molecule has 0 amide bonds. The number of hydrogen-bond acceptors (Lipinski definition) is 5. The molecular weight excluding hydrogens is 470 g/mol. The third kappa shape index (κ3) is 3.54. The predicted octanol–water partition coefficient (Wildman–Crippen LogP) is 3.92. The van der Waals surface area contributed by atoms with Crippen molar-refractivity contribution >= 4 is 27.1 Å². The van der Waals surface area contributed by atoms with Crippen LogP contribution in [0.5, 0.6) is 0 Å². The van der Waals surface area contributed by atoms with Crippen LogP contribution in [0, 0.1) is 0 Å². The lowest BCUT2D eigenvalue weighted by atomic mass is 10.1. The lowest BCUT2D eigenvalue weighted by Gasteiger charge is -2.33. The number of aromatic nitrogens is 3. The molecule has 34 heavy (non-hydrogen) atoms. The van der Waals surface area contributed by atoms with E-state index in [1.54, 1.807) is 24.8 Å². The zero-order valence-corrected chi connectivity index (χ0v) is 20.1. The van der Waals surface area contributed by atoms with Crippen LogP contribution in [0.15, 0.2) is 84.3 Å². The van der Waals surface area contributed by atoms with E-state index in [9.17, 15) is 8.42 Å². The van der Waals surface area contributed by atoms with E-state index in [4.69, 9.17) is 11.6 Å². The molecule has 3 aromatic carbocycles. The molecule has 6 rings (SSSR count). The summed E-state index contributed by atoms with van der Waals surface area (Å²) < 4.78 is 27.0. The van der Waals surface area contributed by atoms with Crippen LogP contribution in [-0.4, -0.2) is 30.5 Å². The number of anilines is 1. The van der Waals surface area contributed by atoms with Crippen molar-refractivity contribution in [1.82, 2.24) is 9.77 Å². The van der Waals surface area contributed by atoms with Gasteiger partial charge in [-0.1, -0.05) is 40.9 Å². The molecule has 0 bridgehead atoms. The van der Waals surface area contributed by atoms with E-state index in [0.717, 1.165) is 40.9 Å². The van der Waals surface area contributed by atoms with E-state index in [0.29, 0.717) is 16.5 Å². The first-order valence-corrected chi connectivity index (χ1v) is 13.0. The Bertz CT molecular complexity index is 1500. The van der Waals surface area contributed by atoms with Crippen LogP contribution in [0.2, 0.25) is 5.02 Å². The summed E-state index contributed by atoms with van der Waals surface area (Å²) >= 11 is 6.27. The van der Waals surface area contributed by atoms with Crippen LogP contribution in [0.25, 0.3) is 16.8 Å². The number of hydrogen-bond donors (Lipinski definition) is 0. The molecule has 1 fully saturated rings. The maximum Gasteiger partial charge on any atom is 0.250 e. The molecule has 172 valence electrons. The first kappa shape index (κ1) is 21.2. The van der Waals surface area contributed by atoms with Crippen molar-refractivity contribution in [3.63, 3.8) is 0 Å². The first-order valence-electron chi connectivity index (χ1n) is 11.1. The normalized spacial score (nSPS) is 15.1. The number of sulfone groups is 1. The summed E-state index contributed by atoms with van der Waals surface area (Å²) in [7, 11) is -1.18. The average Bonchev–Trinajstić information content (AvgIpc) is 3.61. The minimum atomic E-state index is -3.19. The van der Waals surface area contributed by atoms with Crippen LogP contribution >= 0.6 is 11.6 Å². The largest absolute Gasteiger partial charge is 0.250 e. The van der Waals surface area contributed by atoms with Gasteiger partial charge >= 0.3 is 0 Å². The summed E-state index contributed by atoms with van der Waals surface area (Å²) in [5.41, 5.74) is 5.11. The van der Waals surface area contributed by atoms with Gasteiger partial charge in [-0.2, -0.15) is 0 Å². The van der Waals surface area contributed by atoms with E-state index in [-0.39, 0.29) is 5.25 Å². The van der Waals surface area contributed by atoms with Gasteiger partial charge in [-0.05, 0) is 71.2 Å². The van der Waals surface area contributed by atoms with Crippen LogP contribution in [0.3, 0.4) is 0 Å². The lowest BCUT2D eigenvalue weighted by molar-refractivity contribution is -0.690. The smallest absolute Gasteiger partial charge is 0.225 e. The molecule has 0 unspecified atom stereocenters. The third-order valence-electron chi connectivity index (χ3n) is 6.45. The minimum Gasteiger partial charge on any atom is -0.225 e. The fraction of sp³-hybridized carbons (Fsp3) is 0.200. The average molecular weight is 493 g/mol. The van der Waals surface area contributed by atoms with E-state index in [1.807, 2.05) is 65.1 Å². The minimum absolute atomic E-state index is 0.203. The molecule has 2 heterocycles. The first-order chi connectivity index (χ1) is 16.4. The second kappa shape index (κ2) is 7.85. The van der Waals surface area contributed by atoms with Crippen molar-refractivity contribution < 1.29 is 13.1 Å². The third-order valence-corrected chi connectivity index (χ3v) is 8.96. The van der Waals surface area contributed by atoms with Gasteiger partial charge in [0.05, 0.1) is 15.8 Å². The summed E-state index contributed by atoms with van der Waals surface area (Å²) in [5, 5.41) is 4.64. The Kier molecular flexibility index (Phi) is 4.89. The standard InChI is InChI=1S/C25H23ClN5O2S/c1-28(30-15-20-13-21(26)7-12-25(20)29-16-27-17-31(29)30)22-4-2-3-19(14-22)18-5-8-23(9-6-18)34(32,33)24-10-11-24/h2-9,12-14,16-17,24H,10-11,15H2,1H3/q+1. The van der Waals surface area contributed by atoms with Crippen molar-refractivity contribution in [3.05, 3.63) is 90.0 Å². The van der Waals surface area contributed by atoms with Crippen LogP contribution in [0.1, 0.15) is 18.4 Å². The Morgan fingerprint density at radius 2 is 1.82 bits per heavy atom. The van der Waals surface area contributed by atoms with Gasteiger partial charge in [0, 0.05) is 17.6 Å². The fourth-order valence-electron chi connectivity index (χ4n) is 4.41. The molecular formula is C25H23ClN5O2S+. The summed E-state index contributed by atoms with van der Waals surface area (Å²) in [6.45, 7) is 0.626. The number of nitrogens with zero attached hydrogens (tertiary/aromatic N) is 5. The predicted molar refractivity (Wildman–Crippen MR) is 131 cm³/mol. The summed E-state index contributed by atoms with van der Waals surface area (Å²) in [6.07, 6.45) is 5.09. The summed E-state index contributed by atoms with van der Waals surface area (Å²) in [6, 6.07) is 21.3. The van der Waals surface area contributed by atoms with Crippen LogP contribution in [0.4, 0.5) is 5.69 Å². The Balaban J connectivity index is 1.31. The number of hydrazine groups is 1. The molecule has 1 saturated carbocycles. The van der Waals surface area contributed by atoms with Crippen molar-refractivity contribution in [2.24, 2.45) is 0 Å². The highest BCUT2D eigenvalue weighted by Crippen LogP contribution is 2.34. The van der Waals surface area contributed by atoms with Crippen molar-refractivity contribution in [3.8, 4) is 16.8 Å². The highest BCUT2D eigenvalue weighted by Gasteiger charge is 2.36. The Morgan fingerprint density at radius 3 is 2.59 bits per heavy atom. The Morgan fingerprint density at radius 1 is 1.03 bits per heavy atom. The molecule has 0 saturated heterocycles. The van der Waals surface area contributed by atoms with Gasteiger partial charge in [0.25, 0.3) is 0 Å². The fourth-order valence-corrected chi connectivity index (χ4v) is 6.26. The maximum atomic E-state index is 12.5. The molecule has 0 atom stereocenters. The molecule has 9 heteroatoms. The van der Waals surface area contributed by atoms with Gasteiger partial charge in [0.1, 0.15) is 12.2 Å². The molecule has 7 nitrogen and oxygen atoms in total. The molecule has 0 N–H and O–H groups in total. The SMILES string of the molecule is CN(c1cccc(-c2ccc(S(=O)(=O)C3CC3)cc2)c1)N1Cc2cc(Cl)ccc2-[n+]2cncn21. The van der Waals surface area contributed by atoms with Gasteiger partial charge in [-0.15, -0.1) is 9.80 Å². The summed E-state index contributed by atoms with van der Waals surface area (Å²) in [4.78, 5) is 6.70. The number of halogens is 1. The van der Waals surface area contributed by atoms with Gasteiger partial charge in [0.15, 0.2) is 9.84 Å². The molecule has 1 aliphatic carbocycles. The second-order valence-corrected chi connectivity index (χ2v) is 11.4. The molecule has 4 aromatic rings. The lowest BCUT2D eigenvalue weighted by Crippen LogP contribution is -2.61. The van der Waals surface area contributed by atoms with E-state index >= 15 is 0 Å². The van der Waals surface area contributed by atoms with Crippen LogP contribution in [-0.2, 0) is 16.4 Å². The van der Waals surface area contributed by atoms with Gasteiger partial charge in [0.2, 0.25) is 12.7 Å².